The second-order valence-electron chi connectivity index (χ2n) is 3.42. The Labute approximate surface area is 62.1 Å². The molecule has 2 N–H and O–H groups in total. The fourth-order valence-electron chi connectivity index (χ4n) is 1.16. The highest BCUT2D eigenvalue weighted by molar-refractivity contribution is 5.06. The molecule has 1 fully saturated rings. The third-order valence-electron chi connectivity index (χ3n) is 2.18. The van der Waals surface area contributed by atoms with Gasteiger partial charge in [0.2, 0.25) is 0 Å². The number of rotatable bonds is 0. The molecule has 0 radical (unpaired) electrons. The molecule has 0 saturated carbocycles. The highest BCUT2D eigenvalue weighted by Gasteiger charge is 2.34. The van der Waals surface area contributed by atoms with E-state index in [0.717, 1.165) is 12.4 Å². The van der Waals surface area contributed by atoms with Crippen LogP contribution < -0.4 is 5.84 Å². The van der Waals surface area contributed by atoms with Gasteiger partial charge in [0.25, 0.3) is 0 Å². The molecule has 0 aromatic heterocycles. The van der Waals surface area contributed by atoms with Gasteiger partial charge in [-0.2, -0.15) is 0 Å². The van der Waals surface area contributed by atoms with Crippen molar-refractivity contribution in [2.45, 2.75) is 19.4 Å². The number of hydrazine groups is 1. The number of nitrogens with zero attached hydrogens (tertiary/aromatic N) is 2. The minimum atomic E-state index is 0.131. The van der Waals surface area contributed by atoms with E-state index in [9.17, 15) is 0 Å². The summed E-state index contributed by atoms with van der Waals surface area (Å²) in [5.41, 5.74) is 0.131. The summed E-state index contributed by atoms with van der Waals surface area (Å²) >= 11 is 0. The van der Waals surface area contributed by atoms with E-state index < -0.39 is 0 Å². The van der Waals surface area contributed by atoms with Crippen molar-refractivity contribution >= 4 is 0 Å². The van der Waals surface area contributed by atoms with Crippen LogP contribution in [0.2, 0.25) is 0 Å². The smallest absolute Gasteiger partial charge is 0.111 e. The molecule has 0 aromatic rings. The highest BCUT2D eigenvalue weighted by atomic mass is 15.5. The monoisotopic (exact) mass is 141 g/mol. The molecule has 0 aromatic carbocycles. The molecule has 1 aliphatic rings. The number of hydrogen-bond acceptors (Lipinski definition) is 3. The van der Waals surface area contributed by atoms with E-state index >= 15 is 0 Å². The van der Waals surface area contributed by atoms with E-state index in [0.29, 0.717) is 0 Å². The third-order valence-corrected chi connectivity index (χ3v) is 2.18. The Kier molecular flexibility index (Phi) is 1.40. The van der Waals surface area contributed by atoms with Crippen molar-refractivity contribution in [2.24, 2.45) is 5.84 Å². The van der Waals surface area contributed by atoms with Gasteiger partial charge in [0, 0.05) is 7.05 Å². The van der Waals surface area contributed by atoms with E-state index in [-0.39, 0.29) is 5.54 Å². The van der Waals surface area contributed by atoms with E-state index in [1.54, 1.807) is 5.01 Å². The van der Waals surface area contributed by atoms with Crippen LogP contribution in [0.5, 0.6) is 0 Å². The fraction of sp³-hybridized carbons (Fsp3) is 0.714. The van der Waals surface area contributed by atoms with E-state index in [1.165, 1.54) is 0 Å². The molecular weight excluding hydrogens is 126 g/mol. The van der Waals surface area contributed by atoms with Gasteiger partial charge in [0.1, 0.15) is 5.82 Å². The molecule has 1 rings (SSSR count). The Hall–Kier alpha value is -0.700. The van der Waals surface area contributed by atoms with Crippen molar-refractivity contribution < 1.29 is 0 Å². The van der Waals surface area contributed by atoms with Crippen LogP contribution in [0.15, 0.2) is 12.4 Å². The summed E-state index contributed by atoms with van der Waals surface area (Å²) in [4.78, 5) is 2.09. The van der Waals surface area contributed by atoms with E-state index in [4.69, 9.17) is 5.84 Å². The maximum absolute atomic E-state index is 5.64. The van der Waals surface area contributed by atoms with E-state index in [2.05, 4.69) is 25.3 Å². The van der Waals surface area contributed by atoms with Crippen molar-refractivity contribution in [3.8, 4) is 0 Å². The van der Waals surface area contributed by atoms with Crippen LogP contribution in [0.3, 0.4) is 0 Å². The van der Waals surface area contributed by atoms with Crippen molar-refractivity contribution in [3.05, 3.63) is 12.4 Å². The summed E-state index contributed by atoms with van der Waals surface area (Å²) < 4.78 is 0. The molecule has 0 aliphatic carbocycles. The van der Waals surface area contributed by atoms with Crippen LogP contribution in [0, 0.1) is 0 Å². The summed E-state index contributed by atoms with van der Waals surface area (Å²) in [5, 5.41) is 1.68. The predicted molar refractivity (Wildman–Crippen MR) is 41.9 cm³/mol. The molecule has 0 unspecified atom stereocenters. The average Bonchev–Trinajstić information content (AvgIpc) is 1.95. The average molecular weight is 141 g/mol. The summed E-state index contributed by atoms with van der Waals surface area (Å²) in [6.45, 7) is 8.98. The SMILES string of the molecule is C=C1N(N)CC(C)(C)N1C. The van der Waals surface area contributed by atoms with Crippen molar-refractivity contribution in [1.82, 2.24) is 9.91 Å². The first-order valence-corrected chi connectivity index (χ1v) is 3.40. The molecule has 1 aliphatic heterocycles. The van der Waals surface area contributed by atoms with Gasteiger partial charge in [-0.25, -0.2) is 5.84 Å². The van der Waals surface area contributed by atoms with Gasteiger partial charge in [0.15, 0.2) is 0 Å². The zero-order chi connectivity index (χ0) is 7.94. The largest absolute Gasteiger partial charge is 0.354 e. The molecule has 3 heteroatoms. The predicted octanol–water partition coefficient (Wildman–Crippen LogP) is 0.357. The lowest BCUT2D eigenvalue weighted by Crippen LogP contribution is -2.36. The molecule has 0 bridgehead atoms. The second kappa shape index (κ2) is 1.89. The maximum Gasteiger partial charge on any atom is 0.111 e. The fourth-order valence-corrected chi connectivity index (χ4v) is 1.16. The second-order valence-corrected chi connectivity index (χ2v) is 3.42. The zero-order valence-corrected chi connectivity index (χ0v) is 6.89. The molecular formula is C7H15N3. The molecule has 1 saturated heterocycles. The first-order chi connectivity index (χ1) is 4.45. The summed E-state index contributed by atoms with van der Waals surface area (Å²) in [7, 11) is 2.01. The van der Waals surface area contributed by atoms with E-state index in [1.807, 2.05) is 7.05 Å². The van der Waals surface area contributed by atoms with Crippen LogP contribution in [-0.4, -0.2) is 29.0 Å². The van der Waals surface area contributed by atoms with Gasteiger partial charge in [-0.15, -0.1) is 0 Å². The Bertz CT molecular complexity index is 162. The topological polar surface area (TPSA) is 32.5 Å². The molecule has 0 amide bonds. The lowest BCUT2D eigenvalue weighted by molar-refractivity contribution is 0.263. The summed E-state index contributed by atoms with van der Waals surface area (Å²) in [5.74, 6) is 6.53. The number of likely N-dealkylation sites (N-methyl/N-ethyl adjacent to an activating group) is 1. The Morgan fingerprint density at radius 2 is 2.10 bits per heavy atom. The molecule has 10 heavy (non-hydrogen) atoms. The summed E-state index contributed by atoms with van der Waals surface area (Å²) in [6.07, 6.45) is 0. The lowest BCUT2D eigenvalue weighted by atomic mass is 10.1. The Morgan fingerprint density at radius 1 is 1.60 bits per heavy atom. The van der Waals surface area contributed by atoms with Crippen LogP contribution >= 0.6 is 0 Å². The quantitative estimate of drug-likeness (QED) is 0.494. The Balaban J connectivity index is 2.81. The van der Waals surface area contributed by atoms with Gasteiger partial charge in [-0.05, 0) is 13.8 Å². The minimum Gasteiger partial charge on any atom is -0.354 e. The van der Waals surface area contributed by atoms with Crippen LogP contribution in [0.1, 0.15) is 13.8 Å². The molecule has 3 nitrogen and oxygen atoms in total. The van der Waals surface area contributed by atoms with Gasteiger partial charge >= 0.3 is 0 Å². The molecule has 0 atom stereocenters. The van der Waals surface area contributed by atoms with Gasteiger partial charge in [-0.3, -0.25) is 5.01 Å². The molecule has 1 heterocycles. The van der Waals surface area contributed by atoms with Crippen LogP contribution in [-0.2, 0) is 0 Å². The van der Waals surface area contributed by atoms with Crippen LogP contribution in [0.4, 0.5) is 0 Å². The first kappa shape index (κ1) is 7.41. The standard InChI is InChI=1S/C7H15N3/c1-6-9(4)7(2,3)5-10(6)8/h1,5,8H2,2-4H3. The molecule has 58 valence electrons. The van der Waals surface area contributed by atoms with Gasteiger partial charge < -0.3 is 4.90 Å². The first-order valence-electron chi connectivity index (χ1n) is 3.40. The van der Waals surface area contributed by atoms with Gasteiger partial charge in [-0.1, -0.05) is 6.58 Å². The normalized spacial score (nSPS) is 24.2. The maximum atomic E-state index is 5.64. The lowest BCUT2D eigenvalue weighted by Gasteiger charge is -2.27. The van der Waals surface area contributed by atoms with Crippen LogP contribution in [0.25, 0.3) is 0 Å². The Morgan fingerprint density at radius 3 is 2.20 bits per heavy atom. The van der Waals surface area contributed by atoms with Crippen molar-refractivity contribution in [3.63, 3.8) is 0 Å². The minimum absolute atomic E-state index is 0.131. The number of nitrogens with two attached hydrogens (primary N) is 1. The van der Waals surface area contributed by atoms with Crippen molar-refractivity contribution in [2.75, 3.05) is 13.6 Å². The van der Waals surface area contributed by atoms with Crippen molar-refractivity contribution in [1.29, 1.82) is 0 Å². The zero-order valence-electron chi connectivity index (χ0n) is 6.89. The van der Waals surface area contributed by atoms with Gasteiger partial charge in [0.05, 0.1) is 12.1 Å². The third kappa shape index (κ3) is 0.865. The number of hydrogen-bond donors (Lipinski definition) is 1. The summed E-state index contributed by atoms with van der Waals surface area (Å²) in [6, 6.07) is 0. The highest BCUT2D eigenvalue weighted by Crippen LogP contribution is 2.25. The molecule has 0 spiro atoms.